The highest BCUT2D eigenvalue weighted by atomic mass is 35.5. The molecule has 0 fully saturated rings. The molecule has 0 N–H and O–H groups in total. The van der Waals surface area contributed by atoms with Crippen LogP contribution in [0, 0.1) is 5.92 Å². The zero-order chi connectivity index (χ0) is 14.4. The van der Waals surface area contributed by atoms with Gasteiger partial charge in [0.15, 0.2) is 0 Å². The average molecular weight is 319 g/mol. The van der Waals surface area contributed by atoms with Crippen molar-refractivity contribution in [1.82, 2.24) is 0 Å². The maximum Gasteiger partial charge on any atom is 0.125 e. The van der Waals surface area contributed by atoms with Gasteiger partial charge < -0.3 is 4.74 Å². The Kier molecular flexibility index (Phi) is 3.35. The minimum Gasteiger partial charge on any atom is -0.493 e. The Morgan fingerprint density at radius 1 is 1.14 bits per heavy atom. The highest BCUT2D eigenvalue weighted by Crippen LogP contribution is 2.44. The summed E-state index contributed by atoms with van der Waals surface area (Å²) in [5.74, 6) is 1.45. The Morgan fingerprint density at radius 2 is 2.00 bits per heavy atom. The second-order valence-electron chi connectivity index (χ2n) is 5.92. The van der Waals surface area contributed by atoms with Gasteiger partial charge in [-0.1, -0.05) is 35.9 Å². The topological polar surface area (TPSA) is 9.23 Å². The van der Waals surface area contributed by atoms with E-state index in [2.05, 4.69) is 24.3 Å². The Hall–Kier alpha value is -1.18. The molecule has 3 heteroatoms. The first-order chi connectivity index (χ1) is 10.2. The minimum absolute atomic E-state index is 0.0808. The van der Waals surface area contributed by atoms with Gasteiger partial charge in [-0.3, -0.25) is 0 Å². The molecular weight excluding hydrogens is 303 g/mol. The first-order valence-electron chi connectivity index (χ1n) is 7.38. The molecule has 0 amide bonds. The first kappa shape index (κ1) is 13.5. The van der Waals surface area contributed by atoms with Gasteiger partial charge >= 0.3 is 0 Å². The normalized spacial score (nSPS) is 22.8. The van der Waals surface area contributed by atoms with Crippen LogP contribution in [0.15, 0.2) is 36.4 Å². The predicted octanol–water partition coefficient (Wildman–Crippen LogP) is 4.97. The van der Waals surface area contributed by atoms with Crippen LogP contribution < -0.4 is 4.74 Å². The monoisotopic (exact) mass is 318 g/mol. The van der Waals surface area contributed by atoms with E-state index in [1.54, 1.807) is 0 Å². The number of rotatable bonds is 2. The number of hydrogen-bond donors (Lipinski definition) is 0. The van der Waals surface area contributed by atoms with Crippen molar-refractivity contribution < 1.29 is 4.74 Å². The zero-order valence-corrected chi connectivity index (χ0v) is 13.1. The molecule has 0 saturated carbocycles. The third-order valence-corrected chi connectivity index (χ3v) is 5.37. The number of alkyl halides is 1. The van der Waals surface area contributed by atoms with E-state index in [1.807, 2.05) is 12.1 Å². The fourth-order valence-electron chi connectivity index (χ4n) is 3.58. The summed E-state index contributed by atoms with van der Waals surface area (Å²) < 4.78 is 5.81. The van der Waals surface area contributed by atoms with Gasteiger partial charge in [0.25, 0.3) is 0 Å². The number of halogens is 2. The summed E-state index contributed by atoms with van der Waals surface area (Å²) in [6.07, 6.45) is 2.91. The SMILES string of the molecule is Clc1cc2c(c(CC3Cc4ccccc4C3Cl)c1)OCC2. The summed E-state index contributed by atoms with van der Waals surface area (Å²) in [6, 6.07) is 12.5. The molecule has 2 unspecified atom stereocenters. The molecule has 2 aromatic rings. The van der Waals surface area contributed by atoms with Crippen molar-refractivity contribution in [3.05, 3.63) is 63.7 Å². The summed E-state index contributed by atoms with van der Waals surface area (Å²) in [5.41, 5.74) is 5.10. The molecule has 1 aliphatic carbocycles. The van der Waals surface area contributed by atoms with Crippen molar-refractivity contribution >= 4 is 23.2 Å². The summed E-state index contributed by atoms with van der Waals surface area (Å²) in [6.45, 7) is 0.762. The van der Waals surface area contributed by atoms with Crippen molar-refractivity contribution in [1.29, 1.82) is 0 Å². The van der Waals surface area contributed by atoms with Crippen LogP contribution in [0.25, 0.3) is 0 Å². The van der Waals surface area contributed by atoms with Crippen LogP contribution in [0.2, 0.25) is 5.02 Å². The Morgan fingerprint density at radius 3 is 2.86 bits per heavy atom. The van der Waals surface area contributed by atoms with Crippen molar-refractivity contribution in [3.63, 3.8) is 0 Å². The Labute approximate surface area is 134 Å². The lowest BCUT2D eigenvalue weighted by molar-refractivity contribution is 0.351. The highest BCUT2D eigenvalue weighted by molar-refractivity contribution is 6.30. The molecule has 2 aromatic carbocycles. The van der Waals surface area contributed by atoms with E-state index in [1.165, 1.54) is 22.3 Å². The van der Waals surface area contributed by atoms with E-state index in [0.29, 0.717) is 5.92 Å². The molecule has 2 aliphatic rings. The lowest BCUT2D eigenvalue weighted by atomic mass is 9.94. The van der Waals surface area contributed by atoms with Gasteiger partial charge in [0, 0.05) is 11.4 Å². The maximum absolute atomic E-state index is 6.68. The van der Waals surface area contributed by atoms with Crippen LogP contribution in [-0.2, 0) is 19.3 Å². The van der Waals surface area contributed by atoms with E-state index in [0.717, 1.165) is 36.6 Å². The molecule has 2 atom stereocenters. The van der Waals surface area contributed by atoms with Gasteiger partial charge in [-0.05, 0) is 53.1 Å². The van der Waals surface area contributed by atoms with E-state index in [-0.39, 0.29) is 5.38 Å². The van der Waals surface area contributed by atoms with E-state index >= 15 is 0 Å². The fraction of sp³-hybridized carbons (Fsp3) is 0.333. The van der Waals surface area contributed by atoms with Crippen LogP contribution in [0.5, 0.6) is 5.75 Å². The van der Waals surface area contributed by atoms with Gasteiger partial charge in [-0.2, -0.15) is 0 Å². The predicted molar refractivity (Wildman–Crippen MR) is 86.6 cm³/mol. The molecule has 0 bridgehead atoms. The molecule has 1 nitrogen and oxygen atoms in total. The van der Waals surface area contributed by atoms with Gasteiger partial charge in [0.1, 0.15) is 5.75 Å². The third-order valence-electron chi connectivity index (χ3n) is 4.56. The van der Waals surface area contributed by atoms with E-state index < -0.39 is 0 Å². The number of hydrogen-bond acceptors (Lipinski definition) is 1. The van der Waals surface area contributed by atoms with Crippen molar-refractivity contribution in [2.45, 2.75) is 24.6 Å². The lowest BCUT2D eigenvalue weighted by Gasteiger charge is -2.16. The quantitative estimate of drug-likeness (QED) is 0.710. The second-order valence-corrected chi connectivity index (χ2v) is 6.83. The van der Waals surface area contributed by atoms with Gasteiger partial charge in [0.05, 0.1) is 12.0 Å². The van der Waals surface area contributed by atoms with Crippen molar-refractivity contribution in [2.75, 3.05) is 6.61 Å². The van der Waals surface area contributed by atoms with Crippen LogP contribution in [0.4, 0.5) is 0 Å². The standard InChI is InChI=1S/C18H16Cl2O/c19-15-9-12-5-6-21-18(12)14(10-15)8-13-7-11-3-1-2-4-16(11)17(13)20/h1-4,9-10,13,17H,5-8H2. The summed E-state index contributed by atoms with van der Waals surface area (Å²) in [5, 5.41) is 0.883. The maximum atomic E-state index is 6.68. The molecule has 4 rings (SSSR count). The summed E-state index contributed by atoms with van der Waals surface area (Å²) in [4.78, 5) is 0. The molecular formula is C18H16Cl2O. The van der Waals surface area contributed by atoms with Crippen LogP contribution in [-0.4, -0.2) is 6.61 Å². The zero-order valence-electron chi connectivity index (χ0n) is 11.6. The lowest BCUT2D eigenvalue weighted by Crippen LogP contribution is -2.08. The molecule has 0 spiro atoms. The molecule has 0 aromatic heterocycles. The molecule has 1 aliphatic heterocycles. The smallest absolute Gasteiger partial charge is 0.125 e. The average Bonchev–Trinajstić information content (AvgIpc) is 3.05. The first-order valence-corrected chi connectivity index (χ1v) is 8.20. The molecule has 1 heterocycles. The van der Waals surface area contributed by atoms with E-state index in [4.69, 9.17) is 27.9 Å². The van der Waals surface area contributed by atoms with Gasteiger partial charge in [0.2, 0.25) is 0 Å². The van der Waals surface area contributed by atoms with Gasteiger partial charge in [-0.25, -0.2) is 0 Å². The van der Waals surface area contributed by atoms with Crippen LogP contribution in [0.1, 0.15) is 27.6 Å². The molecule has 21 heavy (non-hydrogen) atoms. The summed E-state index contributed by atoms with van der Waals surface area (Å²) in [7, 11) is 0. The molecule has 108 valence electrons. The third kappa shape index (κ3) is 2.33. The fourth-order valence-corrected chi connectivity index (χ4v) is 4.24. The van der Waals surface area contributed by atoms with Crippen molar-refractivity contribution in [3.8, 4) is 5.75 Å². The number of benzene rings is 2. The minimum atomic E-state index is 0.0808. The van der Waals surface area contributed by atoms with Crippen LogP contribution in [0.3, 0.4) is 0 Å². The van der Waals surface area contributed by atoms with Gasteiger partial charge in [-0.15, -0.1) is 11.6 Å². The van der Waals surface area contributed by atoms with E-state index in [9.17, 15) is 0 Å². The second kappa shape index (κ2) is 5.23. The Balaban J connectivity index is 1.64. The van der Waals surface area contributed by atoms with Crippen LogP contribution >= 0.6 is 23.2 Å². The Bertz CT molecular complexity index is 696. The number of ether oxygens (including phenoxy) is 1. The van der Waals surface area contributed by atoms with Crippen molar-refractivity contribution in [2.24, 2.45) is 5.92 Å². The summed E-state index contributed by atoms with van der Waals surface area (Å²) >= 11 is 12.9. The largest absolute Gasteiger partial charge is 0.493 e. The molecule has 0 saturated heterocycles. The highest BCUT2D eigenvalue weighted by Gasteiger charge is 2.32. The number of fused-ring (bicyclic) bond motifs is 2. The molecule has 0 radical (unpaired) electrons.